The molecule has 1 aliphatic rings. The molecular weight excluding hydrogens is 381 g/mol. The van der Waals surface area contributed by atoms with Crippen molar-refractivity contribution in [1.29, 1.82) is 0 Å². The van der Waals surface area contributed by atoms with Crippen molar-refractivity contribution in [3.8, 4) is 0 Å². The number of carbonyl (C=O) groups is 2. The Morgan fingerprint density at radius 2 is 1.79 bits per heavy atom. The van der Waals surface area contributed by atoms with Gasteiger partial charge in [-0.1, -0.05) is 30.3 Å². The van der Waals surface area contributed by atoms with E-state index in [9.17, 15) is 22.8 Å². The number of alkyl halides is 3. The number of nitrogens with one attached hydrogen (secondary N) is 1. The molecule has 0 bridgehead atoms. The van der Waals surface area contributed by atoms with Gasteiger partial charge >= 0.3 is 6.18 Å². The molecule has 0 radical (unpaired) electrons. The van der Waals surface area contributed by atoms with Gasteiger partial charge in [-0.2, -0.15) is 13.2 Å². The second kappa shape index (κ2) is 7.61. The van der Waals surface area contributed by atoms with Crippen LogP contribution in [0.25, 0.3) is 0 Å². The summed E-state index contributed by atoms with van der Waals surface area (Å²) in [6, 6.07) is 9.78. The predicted octanol–water partition coefficient (Wildman–Crippen LogP) is 4.33. The summed E-state index contributed by atoms with van der Waals surface area (Å²) in [7, 11) is 0. The summed E-state index contributed by atoms with van der Waals surface area (Å²) in [6.07, 6.45) is -2.19. The van der Waals surface area contributed by atoms with E-state index >= 15 is 0 Å². The van der Waals surface area contributed by atoms with Gasteiger partial charge in [0.15, 0.2) is 0 Å². The number of carbonyl (C=O) groups excluding carboxylic acids is 2. The minimum atomic E-state index is -4.34. The Morgan fingerprint density at radius 1 is 1.14 bits per heavy atom. The second-order valence-electron chi connectivity index (χ2n) is 8.00. The Labute approximate surface area is 167 Å². The highest BCUT2D eigenvalue weighted by molar-refractivity contribution is 5.99. The molecule has 1 aliphatic carbocycles. The van der Waals surface area contributed by atoms with E-state index in [0.29, 0.717) is 12.1 Å². The first-order valence-electron chi connectivity index (χ1n) is 9.42. The first-order chi connectivity index (χ1) is 13.5. The van der Waals surface area contributed by atoms with Gasteiger partial charge < -0.3 is 5.32 Å². The molecule has 1 fully saturated rings. The number of rotatable bonds is 6. The topological polar surface area (TPSA) is 59.1 Å². The number of halogens is 3. The molecule has 1 aromatic carbocycles. The SMILES string of the molecule is Cc1cccnc1C(=O)CNC(=O)C1CC1c1ccc(C(C)(C)C(F)(F)F)cc1. The quantitative estimate of drug-likeness (QED) is 0.729. The molecule has 0 saturated heterocycles. The van der Waals surface area contributed by atoms with Crippen molar-refractivity contribution in [2.45, 2.75) is 44.7 Å². The van der Waals surface area contributed by atoms with Crippen molar-refractivity contribution < 1.29 is 22.8 Å². The summed E-state index contributed by atoms with van der Waals surface area (Å²) in [4.78, 5) is 28.6. The molecule has 1 heterocycles. The number of aromatic nitrogens is 1. The van der Waals surface area contributed by atoms with E-state index < -0.39 is 11.6 Å². The van der Waals surface area contributed by atoms with Gasteiger partial charge in [0.05, 0.1) is 12.0 Å². The summed E-state index contributed by atoms with van der Waals surface area (Å²) in [6.45, 7) is 3.95. The largest absolute Gasteiger partial charge is 0.397 e. The maximum atomic E-state index is 13.2. The molecule has 1 aromatic heterocycles. The predicted molar refractivity (Wildman–Crippen MR) is 103 cm³/mol. The van der Waals surface area contributed by atoms with Crippen LogP contribution in [0.2, 0.25) is 0 Å². The van der Waals surface area contributed by atoms with Crippen molar-refractivity contribution in [1.82, 2.24) is 10.3 Å². The fourth-order valence-electron chi connectivity index (χ4n) is 3.32. The zero-order chi connectivity index (χ0) is 21.4. The van der Waals surface area contributed by atoms with E-state index in [1.165, 1.54) is 18.3 Å². The van der Waals surface area contributed by atoms with Crippen LogP contribution in [0.1, 0.15) is 53.4 Å². The highest BCUT2D eigenvalue weighted by Gasteiger charge is 2.49. The van der Waals surface area contributed by atoms with Crippen LogP contribution in [0.5, 0.6) is 0 Å². The van der Waals surface area contributed by atoms with Gasteiger partial charge in [-0.05, 0) is 55.9 Å². The zero-order valence-electron chi connectivity index (χ0n) is 16.5. The molecular formula is C22H23F3N2O2. The third-order valence-corrected chi connectivity index (χ3v) is 5.59. The number of nitrogens with zero attached hydrogens (tertiary/aromatic N) is 1. The smallest absolute Gasteiger partial charge is 0.348 e. The van der Waals surface area contributed by atoms with Gasteiger partial charge in [0.25, 0.3) is 0 Å². The van der Waals surface area contributed by atoms with E-state index in [4.69, 9.17) is 0 Å². The first-order valence-corrected chi connectivity index (χ1v) is 9.42. The van der Waals surface area contributed by atoms with Crippen molar-refractivity contribution >= 4 is 11.7 Å². The molecule has 1 saturated carbocycles. The monoisotopic (exact) mass is 404 g/mol. The molecule has 2 unspecified atom stereocenters. The maximum absolute atomic E-state index is 13.2. The number of ketones is 1. The normalized spacial score (nSPS) is 19.0. The van der Waals surface area contributed by atoms with Gasteiger partial charge in [-0.25, -0.2) is 0 Å². The van der Waals surface area contributed by atoms with Crippen LogP contribution >= 0.6 is 0 Å². The summed E-state index contributed by atoms with van der Waals surface area (Å²) in [5, 5.41) is 2.65. The van der Waals surface area contributed by atoms with Crippen molar-refractivity contribution in [3.63, 3.8) is 0 Å². The van der Waals surface area contributed by atoms with E-state index in [1.807, 2.05) is 0 Å². The van der Waals surface area contributed by atoms with E-state index in [1.54, 1.807) is 31.2 Å². The standard InChI is InChI=1S/C22H23F3N2O2/c1-13-5-4-10-26-19(13)18(28)12-27-20(29)17-11-16(17)14-6-8-15(9-7-14)21(2,3)22(23,24)25/h4-10,16-17H,11-12H2,1-3H3,(H,27,29). The van der Waals surface area contributed by atoms with Gasteiger partial charge in [0.2, 0.25) is 11.7 Å². The molecule has 1 amide bonds. The number of amides is 1. The average molecular weight is 404 g/mol. The first kappa shape index (κ1) is 21.0. The van der Waals surface area contributed by atoms with Crippen LogP contribution in [0.15, 0.2) is 42.6 Å². The maximum Gasteiger partial charge on any atom is 0.397 e. The van der Waals surface area contributed by atoms with Gasteiger partial charge in [0.1, 0.15) is 5.69 Å². The number of pyridine rings is 1. The lowest BCUT2D eigenvalue weighted by molar-refractivity contribution is -0.180. The summed E-state index contributed by atoms with van der Waals surface area (Å²) in [5.41, 5.74) is 0.168. The molecule has 0 aliphatic heterocycles. The van der Waals surface area contributed by atoms with E-state index in [2.05, 4.69) is 10.3 Å². The van der Waals surface area contributed by atoms with Gasteiger partial charge in [-0.15, -0.1) is 0 Å². The fourth-order valence-corrected chi connectivity index (χ4v) is 3.32. The summed E-state index contributed by atoms with van der Waals surface area (Å²) >= 11 is 0. The number of benzene rings is 1. The highest BCUT2D eigenvalue weighted by atomic mass is 19.4. The zero-order valence-corrected chi connectivity index (χ0v) is 16.5. The van der Waals surface area contributed by atoms with E-state index in [-0.39, 0.29) is 35.6 Å². The van der Waals surface area contributed by atoms with Crippen molar-refractivity contribution in [3.05, 3.63) is 65.0 Å². The number of Topliss-reactive ketones (excluding diaryl/α,β-unsaturated/α-hetero) is 1. The Morgan fingerprint density at radius 3 is 2.38 bits per heavy atom. The lowest BCUT2D eigenvalue weighted by Crippen LogP contribution is -2.36. The molecule has 2 aromatic rings. The Hall–Kier alpha value is -2.70. The van der Waals surface area contributed by atoms with Gasteiger partial charge in [-0.3, -0.25) is 14.6 Å². The van der Waals surface area contributed by atoms with Crippen LogP contribution in [0, 0.1) is 12.8 Å². The number of hydrogen-bond donors (Lipinski definition) is 1. The molecule has 3 rings (SSSR count). The van der Waals surface area contributed by atoms with E-state index in [0.717, 1.165) is 25.0 Å². The van der Waals surface area contributed by atoms with Crippen LogP contribution < -0.4 is 5.32 Å². The van der Waals surface area contributed by atoms with Crippen LogP contribution in [0.4, 0.5) is 13.2 Å². The summed E-state index contributed by atoms with van der Waals surface area (Å²) < 4.78 is 39.5. The van der Waals surface area contributed by atoms with Gasteiger partial charge in [0, 0.05) is 12.1 Å². The minimum Gasteiger partial charge on any atom is -0.348 e. The molecule has 154 valence electrons. The lowest BCUT2D eigenvalue weighted by Gasteiger charge is -2.28. The van der Waals surface area contributed by atoms with Crippen molar-refractivity contribution in [2.24, 2.45) is 5.92 Å². The van der Waals surface area contributed by atoms with Crippen molar-refractivity contribution in [2.75, 3.05) is 6.54 Å². The Balaban J connectivity index is 1.57. The molecule has 2 atom stereocenters. The molecule has 0 spiro atoms. The molecule has 1 N–H and O–H groups in total. The summed E-state index contributed by atoms with van der Waals surface area (Å²) in [5.74, 6) is -0.789. The fraction of sp³-hybridized carbons (Fsp3) is 0.409. The van der Waals surface area contributed by atoms with Crippen LogP contribution in [0.3, 0.4) is 0 Å². The van der Waals surface area contributed by atoms with Crippen LogP contribution in [-0.4, -0.2) is 29.4 Å². The third kappa shape index (κ3) is 4.33. The number of hydrogen-bond acceptors (Lipinski definition) is 3. The molecule has 7 heteroatoms. The molecule has 4 nitrogen and oxygen atoms in total. The Kier molecular flexibility index (Phi) is 5.52. The lowest BCUT2D eigenvalue weighted by atomic mass is 9.83. The Bertz CT molecular complexity index is 920. The average Bonchev–Trinajstić information content (AvgIpc) is 3.46. The highest BCUT2D eigenvalue weighted by Crippen LogP contribution is 2.48. The third-order valence-electron chi connectivity index (χ3n) is 5.59. The van der Waals surface area contributed by atoms with Crippen LogP contribution in [-0.2, 0) is 10.2 Å². The minimum absolute atomic E-state index is 0.0373. The second-order valence-corrected chi connectivity index (χ2v) is 8.00. The number of aryl methyl sites for hydroxylation is 1. The molecule has 29 heavy (non-hydrogen) atoms.